The second kappa shape index (κ2) is 8.37. The lowest BCUT2D eigenvalue weighted by Gasteiger charge is -2.22. The number of hydrogen-bond donors (Lipinski definition) is 0. The summed E-state index contributed by atoms with van der Waals surface area (Å²) in [5, 5.41) is -0.628. The molecule has 26 heavy (non-hydrogen) atoms. The molecule has 0 saturated carbocycles. The van der Waals surface area contributed by atoms with Crippen molar-refractivity contribution >= 4 is 38.9 Å². The van der Waals surface area contributed by atoms with E-state index in [2.05, 4.69) is 0 Å². The highest BCUT2D eigenvalue weighted by Gasteiger charge is 2.31. The van der Waals surface area contributed by atoms with E-state index in [-0.39, 0.29) is 17.3 Å². The number of carbonyl (C=O) groups excluding carboxylic acids is 1. The van der Waals surface area contributed by atoms with E-state index >= 15 is 0 Å². The first kappa shape index (κ1) is 20.7. The molecule has 0 N–H and O–H groups in total. The molecule has 8 heteroatoms. The third-order valence-electron chi connectivity index (χ3n) is 3.94. The number of nitrogens with zero attached hydrogens (tertiary/aromatic N) is 1. The topological polar surface area (TPSA) is 54.5 Å². The predicted octanol–water partition coefficient (Wildman–Crippen LogP) is 4.09. The number of carbonyl (C=O) groups is 1. The number of hydrogen-bond acceptors (Lipinski definition) is 3. The van der Waals surface area contributed by atoms with Crippen molar-refractivity contribution in [1.82, 2.24) is 4.90 Å². The van der Waals surface area contributed by atoms with Crippen molar-refractivity contribution in [3.05, 3.63) is 69.5 Å². The summed E-state index contributed by atoms with van der Waals surface area (Å²) in [5.41, 5.74) is 0.953. The second-order valence-corrected chi connectivity index (χ2v) is 9.17. The quantitative estimate of drug-likeness (QED) is 0.710. The van der Waals surface area contributed by atoms with E-state index in [4.69, 9.17) is 23.2 Å². The van der Waals surface area contributed by atoms with Crippen LogP contribution in [0.3, 0.4) is 0 Å². The fraction of sp³-hybridized carbons (Fsp3) is 0.278. The van der Waals surface area contributed by atoms with Crippen molar-refractivity contribution in [2.24, 2.45) is 0 Å². The number of sulfone groups is 1. The van der Waals surface area contributed by atoms with Gasteiger partial charge in [-0.15, -0.1) is 0 Å². The smallest absolute Gasteiger partial charge is 0.240 e. The Bertz CT molecular complexity index is 918. The van der Waals surface area contributed by atoms with E-state index in [1.165, 1.54) is 49.2 Å². The van der Waals surface area contributed by atoms with Crippen LogP contribution in [0.25, 0.3) is 0 Å². The molecule has 0 saturated heterocycles. The molecule has 1 atom stereocenters. The van der Waals surface area contributed by atoms with Gasteiger partial charge in [0.15, 0.2) is 9.84 Å². The summed E-state index contributed by atoms with van der Waals surface area (Å²) in [6.07, 6.45) is 0. The van der Waals surface area contributed by atoms with Crippen LogP contribution in [0.15, 0.2) is 42.5 Å². The third-order valence-corrected chi connectivity index (χ3v) is 6.52. The van der Waals surface area contributed by atoms with Gasteiger partial charge in [-0.1, -0.05) is 41.4 Å². The first-order valence-electron chi connectivity index (χ1n) is 7.75. The van der Waals surface area contributed by atoms with Crippen LogP contribution in [0.2, 0.25) is 10.0 Å². The molecule has 1 amide bonds. The Morgan fingerprint density at radius 2 is 1.88 bits per heavy atom. The molecule has 140 valence electrons. The molecule has 1 unspecified atom stereocenters. The molecule has 0 aromatic heterocycles. The summed E-state index contributed by atoms with van der Waals surface area (Å²) in [7, 11) is -2.31. The number of benzene rings is 2. The van der Waals surface area contributed by atoms with Gasteiger partial charge in [-0.05, 0) is 42.3 Å². The van der Waals surface area contributed by atoms with Gasteiger partial charge in [0.2, 0.25) is 5.91 Å². The van der Waals surface area contributed by atoms with Gasteiger partial charge in [0.25, 0.3) is 0 Å². The van der Waals surface area contributed by atoms with Gasteiger partial charge in [-0.2, -0.15) is 0 Å². The molecule has 0 heterocycles. The lowest BCUT2D eigenvalue weighted by Crippen LogP contribution is -2.39. The lowest BCUT2D eigenvalue weighted by molar-refractivity contribution is -0.129. The zero-order valence-electron chi connectivity index (χ0n) is 14.2. The van der Waals surface area contributed by atoms with Gasteiger partial charge < -0.3 is 4.90 Å². The van der Waals surface area contributed by atoms with Gasteiger partial charge in [-0.3, -0.25) is 4.79 Å². The van der Waals surface area contributed by atoms with Crippen LogP contribution in [0, 0.1) is 5.82 Å². The summed E-state index contributed by atoms with van der Waals surface area (Å²) in [6.45, 7) is 1.45. The minimum absolute atomic E-state index is 0.109. The maximum Gasteiger partial charge on any atom is 0.240 e. The average Bonchev–Trinajstić information content (AvgIpc) is 2.56. The van der Waals surface area contributed by atoms with E-state index in [0.717, 1.165) is 0 Å². The fourth-order valence-electron chi connectivity index (χ4n) is 2.43. The monoisotopic (exact) mass is 417 g/mol. The molecule has 0 spiro atoms. The maximum atomic E-state index is 13.3. The molecule has 0 fully saturated rings. The Morgan fingerprint density at radius 3 is 2.50 bits per heavy atom. The fourth-order valence-corrected chi connectivity index (χ4v) is 4.41. The molecular formula is C18H18Cl2FNO3S. The molecule has 4 nitrogen and oxygen atoms in total. The maximum absolute atomic E-state index is 13.3. The van der Waals surface area contributed by atoms with Gasteiger partial charge >= 0.3 is 0 Å². The van der Waals surface area contributed by atoms with Crippen LogP contribution < -0.4 is 0 Å². The SMILES string of the molecule is CC(C(=O)N(C)Cc1cccc(F)c1)S(=O)(=O)Cc1ccc(Cl)cc1Cl. The van der Waals surface area contributed by atoms with Crippen molar-refractivity contribution in [2.45, 2.75) is 24.5 Å². The highest BCUT2D eigenvalue weighted by molar-refractivity contribution is 7.92. The van der Waals surface area contributed by atoms with Gasteiger partial charge in [0, 0.05) is 23.6 Å². The lowest BCUT2D eigenvalue weighted by atomic mass is 10.2. The number of halogens is 3. The largest absolute Gasteiger partial charge is 0.340 e. The Labute approximate surface area is 162 Å². The third kappa shape index (κ3) is 5.19. The minimum Gasteiger partial charge on any atom is -0.340 e. The van der Waals surface area contributed by atoms with Gasteiger partial charge in [0.1, 0.15) is 11.1 Å². The Balaban J connectivity index is 2.12. The first-order chi connectivity index (χ1) is 12.1. The van der Waals surface area contributed by atoms with Crippen LogP contribution in [0.5, 0.6) is 0 Å². The van der Waals surface area contributed by atoms with Crippen molar-refractivity contribution in [1.29, 1.82) is 0 Å². The van der Waals surface area contributed by atoms with E-state index in [1.807, 2.05) is 0 Å². The molecule has 0 aliphatic rings. The van der Waals surface area contributed by atoms with Crippen molar-refractivity contribution in [3.63, 3.8) is 0 Å². The van der Waals surface area contributed by atoms with Crippen LogP contribution >= 0.6 is 23.2 Å². The molecule has 0 radical (unpaired) electrons. The number of rotatable bonds is 6. The van der Waals surface area contributed by atoms with Crippen LogP contribution in [-0.4, -0.2) is 31.5 Å². The van der Waals surface area contributed by atoms with Crippen molar-refractivity contribution in [2.75, 3.05) is 7.05 Å². The first-order valence-corrected chi connectivity index (χ1v) is 10.2. The van der Waals surface area contributed by atoms with Crippen molar-refractivity contribution < 1.29 is 17.6 Å². The summed E-state index contributed by atoms with van der Waals surface area (Å²) < 4.78 is 38.4. The summed E-state index contributed by atoms with van der Waals surface area (Å²) in [6, 6.07) is 10.3. The molecule has 0 aliphatic heterocycles. The zero-order valence-corrected chi connectivity index (χ0v) is 16.6. The van der Waals surface area contributed by atoms with Gasteiger partial charge in [0.05, 0.1) is 5.75 Å². The van der Waals surface area contributed by atoms with Crippen LogP contribution in [0.1, 0.15) is 18.1 Å². The van der Waals surface area contributed by atoms with E-state index in [1.54, 1.807) is 12.1 Å². The molecule has 2 aromatic carbocycles. The van der Waals surface area contributed by atoms with E-state index < -0.39 is 26.8 Å². The summed E-state index contributed by atoms with van der Waals surface area (Å²) in [4.78, 5) is 13.8. The Hall–Kier alpha value is -1.63. The highest BCUT2D eigenvalue weighted by atomic mass is 35.5. The second-order valence-electron chi connectivity index (χ2n) is 6.01. The van der Waals surface area contributed by atoms with Gasteiger partial charge in [-0.25, -0.2) is 12.8 Å². The normalized spacial score (nSPS) is 12.7. The Morgan fingerprint density at radius 1 is 1.19 bits per heavy atom. The van der Waals surface area contributed by atoms with Crippen molar-refractivity contribution in [3.8, 4) is 0 Å². The van der Waals surface area contributed by atoms with Crippen LogP contribution in [-0.2, 0) is 26.9 Å². The van der Waals surface area contributed by atoms with E-state index in [9.17, 15) is 17.6 Å². The summed E-state index contributed by atoms with van der Waals surface area (Å²) in [5.74, 6) is -1.36. The predicted molar refractivity (Wildman–Crippen MR) is 101 cm³/mol. The molecule has 0 bridgehead atoms. The Kier molecular flexibility index (Phi) is 6.66. The van der Waals surface area contributed by atoms with Crippen LogP contribution in [0.4, 0.5) is 4.39 Å². The number of amides is 1. The zero-order chi connectivity index (χ0) is 19.5. The molecular weight excluding hydrogens is 400 g/mol. The van der Waals surface area contributed by atoms with E-state index in [0.29, 0.717) is 16.1 Å². The standard InChI is InChI=1S/C18H18Cl2FNO3S/c1-12(18(23)22(2)10-13-4-3-5-16(21)8-13)26(24,25)11-14-6-7-15(19)9-17(14)20/h3-9,12H,10-11H2,1-2H3. The summed E-state index contributed by atoms with van der Waals surface area (Å²) >= 11 is 11.8. The highest BCUT2D eigenvalue weighted by Crippen LogP contribution is 2.24. The molecule has 2 rings (SSSR count). The molecule has 0 aliphatic carbocycles. The minimum atomic E-state index is -3.79. The average molecular weight is 418 g/mol. The molecule has 2 aromatic rings.